The van der Waals surface area contributed by atoms with E-state index in [1.54, 1.807) is 16.8 Å². The molecule has 0 spiro atoms. The SMILES string of the molecule is CCc1c(CCCC(=O)O)cccc1-c1cnn(-c2ccc(OC(C)C)c(C#N)c2)c1. The molecule has 2 aromatic carbocycles. The molecular weight excluding hydrogens is 390 g/mol. The Morgan fingerprint density at radius 1 is 1.29 bits per heavy atom. The summed E-state index contributed by atoms with van der Waals surface area (Å²) in [6.07, 6.45) is 6.14. The summed E-state index contributed by atoms with van der Waals surface area (Å²) in [6, 6.07) is 13.8. The first-order valence-electron chi connectivity index (χ1n) is 10.5. The number of carboxylic acid groups (broad SMARTS) is 1. The number of aromatic nitrogens is 2. The van der Waals surface area contributed by atoms with Gasteiger partial charge in [-0.25, -0.2) is 4.68 Å². The fourth-order valence-corrected chi connectivity index (χ4v) is 3.69. The second-order valence-corrected chi connectivity index (χ2v) is 7.68. The topological polar surface area (TPSA) is 88.1 Å². The highest BCUT2D eigenvalue weighted by Crippen LogP contribution is 2.29. The fraction of sp³-hybridized carbons (Fsp3) is 0.320. The van der Waals surface area contributed by atoms with Crippen LogP contribution in [0.1, 0.15) is 50.3 Å². The molecule has 0 bridgehead atoms. The highest BCUT2D eigenvalue weighted by atomic mass is 16.5. The quantitative estimate of drug-likeness (QED) is 0.519. The van der Waals surface area contributed by atoms with Gasteiger partial charge in [0.15, 0.2) is 0 Å². The Morgan fingerprint density at radius 3 is 2.77 bits per heavy atom. The van der Waals surface area contributed by atoms with Crippen LogP contribution in [0, 0.1) is 11.3 Å². The van der Waals surface area contributed by atoms with E-state index in [0.717, 1.165) is 29.7 Å². The number of rotatable bonds is 9. The van der Waals surface area contributed by atoms with Crippen LogP contribution >= 0.6 is 0 Å². The molecule has 0 radical (unpaired) electrons. The molecule has 6 nitrogen and oxygen atoms in total. The van der Waals surface area contributed by atoms with Crippen LogP contribution in [0.2, 0.25) is 0 Å². The predicted octanol–water partition coefficient (Wildman–Crippen LogP) is 5.17. The van der Waals surface area contributed by atoms with Crippen molar-refractivity contribution in [3.05, 3.63) is 65.5 Å². The van der Waals surface area contributed by atoms with Crippen LogP contribution in [0.25, 0.3) is 16.8 Å². The number of nitriles is 1. The molecule has 1 N–H and O–H groups in total. The number of aliphatic carboxylic acids is 1. The van der Waals surface area contributed by atoms with Gasteiger partial charge in [-0.1, -0.05) is 25.1 Å². The Labute approximate surface area is 182 Å². The molecular formula is C25H27N3O3. The van der Waals surface area contributed by atoms with E-state index in [4.69, 9.17) is 9.84 Å². The van der Waals surface area contributed by atoms with Crippen molar-refractivity contribution in [2.24, 2.45) is 0 Å². The maximum Gasteiger partial charge on any atom is 0.303 e. The average Bonchev–Trinajstić information content (AvgIpc) is 3.23. The molecule has 31 heavy (non-hydrogen) atoms. The average molecular weight is 418 g/mol. The largest absolute Gasteiger partial charge is 0.490 e. The fourth-order valence-electron chi connectivity index (χ4n) is 3.69. The van der Waals surface area contributed by atoms with Crippen LogP contribution < -0.4 is 4.74 Å². The normalized spacial score (nSPS) is 10.8. The molecule has 0 fully saturated rings. The van der Waals surface area contributed by atoms with Gasteiger partial charge in [0.05, 0.1) is 23.6 Å². The summed E-state index contributed by atoms with van der Waals surface area (Å²) in [5.74, 6) is -0.201. The van der Waals surface area contributed by atoms with Crippen LogP contribution in [0.5, 0.6) is 5.75 Å². The number of hydrogen-bond acceptors (Lipinski definition) is 4. The molecule has 0 aliphatic rings. The summed E-state index contributed by atoms with van der Waals surface area (Å²) in [6.45, 7) is 5.96. The highest BCUT2D eigenvalue weighted by Gasteiger charge is 2.13. The lowest BCUT2D eigenvalue weighted by molar-refractivity contribution is -0.137. The first-order chi connectivity index (χ1) is 14.9. The van der Waals surface area contributed by atoms with Crippen molar-refractivity contribution >= 4 is 5.97 Å². The number of hydrogen-bond donors (Lipinski definition) is 1. The van der Waals surface area contributed by atoms with Crippen LogP contribution in [0.4, 0.5) is 0 Å². The Hall–Kier alpha value is -3.59. The third-order valence-electron chi connectivity index (χ3n) is 5.07. The molecule has 3 rings (SSSR count). The number of carboxylic acids is 1. The van der Waals surface area contributed by atoms with Gasteiger partial charge in [0, 0.05) is 18.2 Å². The van der Waals surface area contributed by atoms with Crippen molar-refractivity contribution < 1.29 is 14.6 Å². The summed E-state index contributed by atoms with van der Waals surface area (Å²) < 4.78 is 7.46. The van der Waals surface area contributed by atoms with Crippen LogP contribution in [0.15, 0.2) is 48.8 Å². The maximum atomic E-state index is 10.9. The van der Waals surface area contributed by atoms with Gasteiger partial charge in [-0.2, -0.15) is 10.4 Å². The molecule has 0 aliphatic carbocycles. The van der Waals surface area contributed by atoms with E-state index in [2.05, 4.69) is 30.2 Å². The Kier molecular flexibility index (Phi) is 7.09. The molecule has 0 aliphatic heterocycles. The van der Waals surface area contributed by atoms with Crippen LogP contribution in [-0.4, -0.2) is 27.0 Å². The number of ether oxygens (including phenoxy) is 1. The third-order valence-corrected chi connectivity index (χ3v) is 5.07. The zero-order valence-corrected chi connectivity index (χ0v) is 18.1. The minimum Gasteiger partial charge on any atom is -0.490 e. The second kappa shape index (κ2) is 9.94. The maximum absolute atomic E-state index is 10.9. The smallest absolute Gasteiger partial charge is 0.303 e. The van der Waals surface area contributed by atoms with Crippen molar-refractivity contribution in [2.75, 3.05) is 0 Å². The molecule has 1 heterocycles. The van der Waals surface area contributed by atoms with Gasteiger partial charge in [-0.15, -0.1) is 0 Å². The number of aryl methyl sites for hydroxylation is 1. The van der Waals surface area contributed by atoms with E-state index in [1.165, 1.54) is 11.1 Å². The number of benzene rings is 2. The summed E-state index contributed by atoms with van der Waals surface area (Å²) in [4.78, 5) is 10.9. The Balaban J connectivity index is 1.90. The lowest BCUT2D eigenvalue weighted by atomic mass is 9.93. The summed E-state index contributed by atoms with van der Waals surface area (Å²) in [5.41, 5.74) is 5.73. The lowest BCUT2D eigenvalue weighted by Crippen LogP contribution is -2.07. The van der Waals surface area contributed by atoms with E-state index < -0.39 is 5.97 Å². The molecule has 6 heteroatoms. The minimum absolute atomic E-state index is 0.00973. The van der Waals surface area contributed by atoms with Crippen molar-refractivity contribution in [2.45, 2.75) is 52.6 Å². The van der Waals surface area contributed by atoms with E-state index >= 15 is 0 Å². The zero-order chi connectivity index (χ0) is 22.4. The van der Waals surface area contributed by atoms with Gasteiger partial charge in [0.2, 0.25) is 0 Å². The van der Waals surface area contributed by atoms with Crippen LogP contribution in [-0.2, 0) is 17.6 Å². The van der Waals surface area contributed by atoms with Crippen molar-refractivity contribution in [1.29, 1.82) is 5.26 Å². The second-order valence-electron chi connectivity index (χ2n) is 7.68. The molecule has 0 saturated carbocycles. The van der Waals surface area contributed by atoms with Crippen molar-refractivity contribution in [1.82, 2.24) is 9.78 Å². The van der Waals surface area contributed by atoms with E-state index in [0.29, 0.717) is 17.7 Å². The minimum atomic E-state index is -0.767. The van der Waals surface area contributed by atoms with E-state index in [1.807, 2.05) is 38.4 Å². The molecule has 1 aromatic heterocycles. The summed E-state index contributed by atoms with van der Waals surface area (Å²) in [7, 11) is 0. The lowest BCUT2D eigenvalue weighted by Gasteiger charge is -2.13. The van der Waals surface area contributed by atoms with Gasteiger partial charge in [-0.3, -0.25) is 4.79 Å². The molecule has 0 unspecified atom stereocenters. The highest BCUT2D eigenvalue weighted by molar-refractivity contribution is 5.69. The molecule has 0 atom stereocenters. The molecule has 3 aromatic rings. The van der Waals surface area contributed by atoms with E-state index in [-0.39, 0.29) is 12.5 Å². The zero-order valence-electron chi connectivity index (χ0n) is 18.1. The van der Waals surface area contributed by atoms with Gasteiger partial charge < -0.3 is 9.84 Å². The van der Waals surface area contributed by atoms with Gasteiger partial charge in [0.25, 0.3) is 0 Å². The first-order valence-corrected chi connectivity index (χ1v) is 10.5. The predicted molar refractivity (Wildman–Crippen MR) is 119 cm³/mol. The van der Waals surface area contributed by atoms with Gasteiger partial charge in [0.1, 0.15) is 11.8 Å². The summed E-state index contributed by atoms with van der Waals surface area (Å²) >= 11 is 0. The number of carbonyl (C=O) groups is 1. The Bertz CT molecular complexity index is 1110. The van der Waals surface area contributed by atoms with Crippen molar-refractivity contribution in [3.63, 3.8) is 0 Å². The standard InChI is InChI=1S/C25H27N3O3/c1-4-22-18(8-6-10-25(29)30)7-5-9-23(22)20-15-27-28(16-20)21-11-12-24(31-17(2)3)19(13-21)14-26/h5,7,9,11-13,15-17H,4,6,8,10H2,1-3H3,(H,29,30). The number of nitrogens with zero attached hydrogens (tertiary/aromatic N) is 3. The van der Waals surface area contributed by atoms with Crippen LogP contribution in [0.3, 0.4) is 0 Å². The molecule has 0 amide bonds. The van der Waals surface area contributed by atoms with E-state index in [9.17, 15) is 10.1 Å². The monoisotopic (exact) mass is 417 g/mol. The van der Waals surface area contributed by atoms with Gasteiger partial charge >= 0.3 is 5.97 Å². The van der Waals surface area contributed by atoms with Gasteiger partial charge in [-0.05, 0) is 68.0 Å². The Morgan fingerprint density at radius 2 is 2.10 bits per heavy atom. The first kappa shape index (κ1) is 22.1. The molecule has 160 valence electrons. The molecule has 0 saturated heterocycles. The third kappa shape index (κ3) is 5.32. The summed E-state index contributed by atoms with van der Waals surface area (Å²) in [5, 5.41) is 22.9. The van der Waals surface area contributed by atoms with Crippen molar-refractivity contribution in [3.8, 4) is 28.6 Å².